The summed E-state index contributed by atoms with van der Waals surface area (Å²) < 4.78 is 27.9. The normalized spacial score (nSPS) is 21.4. The van der Waals surface area contributed by atoms with Crippen LogP contribution in [0, 0.1) is 0 Å². The third-order valence-electron chi connectivity index (χ3n) is 3.53. The number of rotatable bonds is 4. The Morgan fingerprint density at radius 1 is 1.47 bits per heavy atom. The van der Waals surface area contributed by atoms with E-state index in [4.69, 9.17) is 0 Å². The summed E-state index contributed by atoms with van der Waals surface area (Å²) in [6.45, 7) is 1.51. The van der Waals surface area contributed by atoms with Gasteiger partial charge in [0.15, 0.2) is 4.60 Å². The molecule has 19 heavy (non-hydrogen) atoms. The van der Waals surface area contributed by atoms with E-state index in [-0.39, 0.29) is 15.7 Å². The Bertz CT molecular complexity index is 539. The zero-order valence-corrected chi connectivity index (χ0v) is 13.6. The van der Waals surface area contributed by atoms with Gasteiger partial charge in [-0.1, -0.05) is 5.21 Å². The zero-order valence-electron chi connectivity index (χ0n) is 11.2. The Morgan fingerprint density at radius 3 is 2.63 bits per heavy atom. The maximum absolute atomic E-state index is 12.5. The third kappa shape index (κ3) is 2.83. The fourth-order valence-corrected chi connectivity index (χ4v) is 4.58. The van der Waals surface area contributed by atoms with Crippen molar-refractivity contribution in [3.8, 4) is 0 Å². The van der Waals surface area contributed by atoms with Gasteiger partial charge in [-0.15, -0.1) is 5.10 Å². The van der Waals surface area contributed by atoms with Crippen molar-refractivity contribution in [3.05, 3.63) is 4.60 Å². The van der Waals surface area contributed by atoms with Crippen molar-refractivity contribution in [2.24, 2.45) is 7.05 Å². The molecule has 1 atom stereocenters. The number of likely N-dealkylation sites (tertiary alicyclic amines) is 1. The predicted octanol–water partition coefficient (Wildman–Crippen LogP) is 0.292. The first kappa shape index (κ1) is 14.9. The molecule has 0 aromatic carbocycles. The summed E-state index contributed by atoms with van der Waals surface area (Å²) in [5, 5.41) is 7.53. The molecule has 1 aromatic rings. The molecule has 1 aromatic heterocycles. The number of nitrogens with zero attached hydrogens (tertiary/aromatic N) is 5. The lowest BCUT2D eigenvalue weighted by molar-refractivity contribution is 0.270. The smallest absolute Gasteiger partial charge is 0.262 e. The van der Waals surface area contributed by atoms with Crippen LogP contribution in [0.25, 0.3) is 0 Å². The minimum absolute atomic E-state index is 0.0932. The Labute approximate surface area is 121 Å². The zero-order chi connectivity index (χ0) is 14.2. The van der Waals surface area contributed by atoms with Crippen molar-refractivity contribution in [3.63, 3.8) is 0 Å². The number of hydrogen-bond donors (Lipinski definition) is 0. The molecule has 1 aliphatic rings. The van der Waals surface area contributed by atoms with Gasteiger partial charge in [0.05, 0.1) is 0 Å². The summed E-state index contributed by atoms with van der Waals surface area (Å²) in [5.41, 5.74) is 0. The Morgan fingerprint density at radius 2 is 2.16 bits per heavy atom. The van der Waals surface area contributed by atoms with Gasteiger partial charge in [0.2, 0.25) is 5.03 Å². The average Bonchev–Trinajstić information content (AvgIpc) is 2.86. The lowest BCUT2D eigenvalue weighted by Crippen LogP contribution is -2.40. The molecule has 1 aliphatic heterocycles. The standard InChI is InChI=1S/C10H18BrN5O2S/c1-14-6-4-5-8(14)7-15(2)19(17,18)10-9(11)12-13-16(10)3/h8H,4-7H2,1-3H3. The van der Waals surface area contributed by atoms with E-state index in [0.717, 1.165) is 19.4 Å². The topological polar surface area (TPSA) is 71.3 Å². The summed E-state index contributed by atoms with van der Waals surface area (Å²) in [7, 11) is 1.63. The predicted molar refractivity (Wildman–Crippen MR) is 74.2 cm³/mol. The molecule has 0 saturated carbocycles. The average molecular weight is 352 g/mol. The number of likely N-dealkylation sites (N-methyl/N-ethyl adjacent to an activating group) is 2. The van der Waals surface area contributed by atoms with E-state index in [1.165, 1.54) is 8.99 Å². The van der Waals surface area contributed by atoms with Crippen LogP contribution in [0.3, 0.4) is 0 Å². The maximum Gasteiger partial charge on any atom is 0.262 e. The van der Waals surface area contributed by atoms with Crippen molar-refractivity contribution in [1.82, 2.24) is 24.2 Å². The van der Waals surface area contributed by atoms with Crippen LogP contribution in [0.4, 0.5) is 0 Å². The molecule has 1 saturated heterocycles. The molecule has 108 valence electrons. The van der Waals surface area contributed by atoms with E-state index in [1.54, 1.807) is 14.1 Å². The molecule has 9 heteroatoms. The van der Waals surface area contributed by atoms with Gasteiger partial charge in [0, 0.05) is 26.7 Å². The molecular formula is C10H18BrN5O2S. The molecule has 0 spiro atoms. The Kier molecular flexibility index (Phi) is 4.29. The van der Waals surface area contributed by atoms with E-state index in [2.05, 4.69) is 31.1 Å². The van der Waals surface area contributed by atoms with Crippen molar-refractivity contribution >= 4 is 26.0 Å². The summed E-state index contributed by atoms with van der Waals surface area (Å²) in [5.74, 6) is 0. The van der Waals surface area contributed by atoms with E-state index >= 15 is 0 Å². The molecule has 2 rings (SSSR count). The van der Waals surface area contributed by atoms with Gasteiger partial charge in [-0.2, -0.15) is 4.31 Å². The fraction of sp³-hybridized carbons (Fsp3) is 0.800. The highest BCUT2D eigenvalue weighted by Crippen LogP contribution is 2.23. The second kappa shape index (κ2) is 5.47. The molecule has 1 unspecified atom stereocenters. The SMILES string of the molecule is CN1CCCC1CN(C)S(=O)(=O)c1c(Br)nnn1C. The number of hydrogen-bond acceptors (Lipinski definition) is 5. The van der Waals surface area contributed by atoms with Gasteiger partial charge in [0.1, 0.15) is 0 Å². The molecule has 2 heterocycles. The molecule has 0 amide bonds. The number of sulfonamides is 1. The Balaban J connectivity index is 2.20. The van der Waals surface area contributed by atoms with Gasteiger partial charge in [-0.3, -0.25) is 0 Å². The first-order chi connectivity index (χ1) is 8.84. The monoisotopic (exact) mass is 351 g/mol. The second-order valence-corrected chi connectivity index (χ2v) is 7.58. The largest absolute Gasteiger partial charge is 0.302 e. The minimum Gasteiger partial charge on any atom is -0.302 e. The van der Waals surface area contributed by atoms with Gasteiger partial charge in [0.25, 0.3) is 10.0 Å². The van der Waals surface area contributed by atoms with Gasteiger partial charge in [-0.25, -0.2) is 13.1 Å². The molecule has 7 nitrogen and oxygen atoms in total. The lowest BCUT2D eigenvalue weighted by atomic mass is 10.2. The first-order valence-corrected chi connectivity index (χ1v) is 8.29. The molecular weight excluding hydrogens is 334 g/mol. The van der Waals surface area contributed by atoms with E-state index in [9.17, 15) is 8.42 Å². The summed E-state index contributed by atoms with van der Waals surface area (Å²) in [4.78, 5) is 2.20. The van der Waals surface area contributed by atoms with Crippen LogP contribution in [0.1, 0.15) is 12.8 Å². The third-order valence-corrected chi connectivity index (χ3v) is 6.24. The quantitative estimate of drug-likeness (QED) is 0.779. The van der Waals surface area contributed by atoms with Crippen LogP contribution in [0.15, 0.2) is 9.63 Å². The van der Waals surface area contributed by atoms with Gasteiger partial charge < -0.3 is 4.90 Å². The summed E-state index contributed by atoms with van der Waals surface area (Å²) in [6, 6.07) is 0.278. The van der Waals surface area contributed by atoms with Crippen LogP contribution in [-0.4, -0.2) is 65.8 Å². The minimum atomic E-state index is -3.57. The van der Waals surface area contributed by atoms with Crippen LogP contribution in [0.2, 0.25) is 0 Å². The van der Waals surface area contributed by atoms with Crippen LogP contribution >= 0.6 is 15.9 Å². The molecule has 0 aliphatic carbocycles. The second-order valence-electron chi connectivity index (χ2n) is 4.87. The van der Waals surface area contributed by atoms with E-state index in [1.807, 2.05) is 7.05 Å². The molecule has 0 bridgehead atoms. The van der Waals surface area contributed by atoms with Crippen molar-refractivity contribution in [2.45, 2.75) is 23.9 Å². The Hall–Kier alpha value is -0.510. The summed E-state index contributed by atoms with van der Waals surface area (Å²) in [6.07, 6.45) is 2.15. The summed E-state index contributed by atoms with van der Waals surface area (Å²) >= 11 is 3.14. The van der Waals surface area contributed by atoms with Crippen molar-refractivity contribution in [2.75, 3.05) is 27.2 Å². The van der Waals surface area contributed by atoms with Gasteiger partial charge in [-0.05, 0) is 42.4 Å². The number of aromatic nitrogens is 3. The van der Waals surface area contributed by atoms with Crippen molar-refractivity contribution in [1.29, 1.82) is 0 Å². The van der Waals surface area contributed by atoms with Crippen LogP contribution in [-0.2, 0) is 17.1 Å². The fourth-order valence-electron chi connectivity index (χ4n) is 2.35. The van der Waals surface area contributed by atoms with E-state index < -0.39 is 10.0 Å². The van der Waals surface area contributed by atoms with Crippen molar-refractivity contribution < 1.29 is 8.42 Å². The maximum atomic E-state index is 12.5. The highest BCUT2D eigenvalue weighted by Gasteiger charge is 2.32. The number of aryl methyl sites for hydroxylation is 1. The molecule has 1 fully saturated rings. The van der Waals surface area contributed by atoms with Crippen LogP contribution < -0.4 is 0 Å². The van der Waals surface area contributed by atoms with E-state index in [0.29, 0.717) is 6.54 Å². The number of halogens is 1. The molecule has 0 radical (unpaired) electrons. The lowest BCUT2D eigenvalue weighted by Gasteiger charge is -2.25. The highest BCUT2D eigenvalue weighted by molar-refractivity contribution is 9.10. The first-order valence-electron chi connectivity index (χ1n) is 6.06. The highest BCUT2D eigenvalue weighted by atomic mass is 79.9. The van der Waals surface area contributed by atoms with Crippen LogP contribution in [0.5, 0.6) is 0 Å². The molecule has 0 N–H and O–H groups in total. The van der Waals surface area contributed by atoms with Gasteiger partial charge >= 0.3 is 0 Å².